The zero-order valence-electron chi connectivity index (χ0n) is 11.5. The SMILES string of the molecule is CCN(SC(C)C)P(=S)(Cl)N(CC)SC(C)C. The minimum absolute atomic E-state index is 0.513. The Morgan fingerprint density at radius 2 is 1.29 bits per heavy atom. The van der Waals surface area contributed by atoms with E-state index in [-0.39, 0.29) is 0 Å². The van der Waals surface area contributed by atoms with Crippen LogP contribution in [0.15, 0.2) is 0 Å². The van der Waals surface area contributed by atoms with Crippen LogP contribution in [0.2, 0.25) is 0 Å². The molecule has 0 unspecified atom stereocenters. The average molecular weight is 335 g/mol. The van der Waals surface area contributed by atoms with Crippen LogP contribution >= 0.6 is 40.8 Å². The molecule has 0 aliphatic rings. The molecule has 0 aromatic carbocycles. The molecule has 0 fully saturated rings. The summed E-state index contributed by atoms with van der Waals surface area (Å²) >= 11 is 15.9. The van der Waals surface area contributed by atoms with E-state index in [1.807, 2.05) is 0 Å². The first-order valence-corrected chi connectivity index (χ1v) is 11.2. The molecule has 0 heterocycles. The smallest absolute Gasteiger partial charge is 0.183 e. The fourth-order valence-corrected chi connectivity index (χ4v) is 8.80. The fourth-order valence-electron chi connectivity index (χ4n) is 1.21. The molecule has 0 bridgehead atoms. The van der Waals surface area contributed by atoms with Gasteiger partial charge in [0.15, 0.2) is 5.69 Å². The summed E-state index contributed by atoms with van der Waals surface area (Å²) in [6.07, 6.45) is 0. The lowest BCUT2D eigenvalue weighted by Crippen LogP contribution is -2.23. The Kier molecular flexibility index (Phi) is 9.47. The van der Waals surface area contributed by atoms with Crippen molar-refractivity contribution in [2.45, 2.75) is 52.0 Å². The third-order valence-corrected chi connectivity index (χ3v) is 10.7. The molecule has 104 valence electrons. The Morgan fingerprint density at radius 3 is 1.47 bits per heavy atom. The van der Waals surface area contributed by atoms with E-state index in [0.29, 0.717) is 10.5 Å². The summed E-state index contributed by atoms with van der Waals surface area (Å²) in [5.41, 5.74) is -2.12. The average Bonchev–Trinajstić information content (AvgIpc) is 2.21. The summed E-state index contributed by atoms with van der Waals surface area (Å²) in [6.45, 7) is 14.7. The van der Waals surface area contributed by atoms with E-state index in [1.165, 1.54) is 0 Å². The van der Waals surface area contributed by atoms with Crippen LogP contribution in [0.1, 0.15) is 41.5 Å². The highest BCUT2D eigenvalue weighted by Crippen LogP contribution is 2.64. The molecule has 0 radical (unpaired) electrons. The number of halogens is 1. The number of hydrogen-bond acceptors (Lipinski definition) is 3. The molecule has 0 atom stereocenters. The lowest BCUT2D eigenvalue weighted by atomic mass is 10.6. The molecular formula is C10H24ClN2PS3. The van der Waals surface area contributed by atoms with Crippen LogP contribution < -0.4 is 0 Å². The maximum Gasteiger partial charge on any atom is 0.183 e. The zero-order chi connectivity index (χ0) is 13.6. The molecule has 0 aliphatic carbocycles. The lowest BCUT2D eigenvalue weighted by molar-refractivity contribution is 0.679. The standard InChI is InChI=1S/C10H24ClN2PS3/c1-7-12(16-9(3)4)14(11,15)13(8-2)17-10(5)6/h9-10H,7-8H2,1-6H3. The second kappa shape index (κ2) is 8.68. The predicted octanol–water partition coefficient (Wildman–Crippen LogP) is 5.21. The molecular weight excluding hydrogens is 311 g/mol. The molecule has 0 amide bonds. The minimum atomic E-state index is -2.12. The maximum atomic E-state index is 6.69. The van der Waals surface area contributed by atoms with Crippen molar-refractivity contribution in [1.82, 2.24) is 8.15 Å². The lowest BCUT2D eigenvalue weighted by Gasteiger charge is -2.37. The van der Waals surface area contributed by atoms with E-state index in [9.17, 15) is 0 Å². The largest absolute Gasteiger partial charge is 0.195 e. The highest BCUT2D eigenvalue weighted by atomic mass is 35.7. The highest BCUT2D eigenvalue weighted by molar-refractivity contribution is 8.31. The summed E-state index contributed by atoms with van der Waals surface area (Å²) in [5.74, 6) is 0. The summed E-state index contributed by atoms with van der Waals surface area (Å²) in [4.78, 5) is 0. The Hall–Kier alpha value is 1.56. The van der Waals surface area contributed by atoms with Gasteiger partial charge >= 0.3 is 0 Å². The topological polar surface area (TPSA) is 6.48 Å². The van der Waals surface area contributed by atoms with E-state index >= 15 is 0 Å². The van der Waals surface area contributed by atoms with Crippen molar-refractivity contribution in [2.24, 2.45) is 0 Å². The van der Waals surface area contributed by atoms with Gasteiger partial charge in [-0.25, -0.2) is 0 Å². The Bertz CT molecular complexity index is 242. The van der Waals surface area contributed by atoms with Crippen molar-refractivity contribution >= 4 is 52.6 Å². The number of rotatable bonds is 8. The van der Waals surface area contributed by atoms with Gasteiger partial charge in [0.25, 0.3) is 0 Å². The van der Waals surface area contributed by atoms with E-state index in [1.54, 1.807) is 23.9 Å². The van der Waals surface area contributed by atoms with E-state index in [2.05, 4.69) is 49.7 Å². The quantitative estimate of drug-likeness (QED) is 0.443. The van der Waals surface area contributed by atoms with Crippen molar-refractivity contribution in [3.63, 3.8) is 0 Å². The first-order valence-electron chi connectivity index (χ1n) is 5.94. The van der Waals surface area contributed by atoms with Crippen molar-refractivity contribution in [3.8, 4) is 0 Å². The monoisotopic (exact) mass is 334 g/mol. The van der Waals surface area contributed by atoms with Gasteiger partial charge in [-0.05, 0) is 23.0 Å². The van der Waals surface area contributed by atoms with Crippen LogP contribution in [0, 0.1) is 0 Å². The molecule has 2 nitrogen and oxygen atoms in total. The molecule has 0 aromatic rings. The normalized spacial score (nSPS) is 13.4. The van der Waals surface area contributed by atoms with Crippen LogP contribution in [0.5, 0.6) is 0 Å². The molecule has 0 aromatic heterocycles. The van der Waals surface area contributed by atoms with Gasteiger partial charge in [-0.3, -0.25) is 0 Å². The van der Waals surface area contributed by atoms with Crippen molar-refractivity contribution in [3.05, 3.63) is 0 Å². The van der Waals surface area contributed by atoms with E-state index in [0.717, 1.165) is 13.1 Å². The number of nitrogens with zero attached hydrogens (tertiary/aromatic N) is 2. The van der Waals surface area contributed by atoms with Gasteiger partial charge in [0.1, 0.15) is 0 Å². The van der Waals surface area contributed by atoms with E-state index < -0.39 is 5.69 Å². The van der Waals surface area contributed by atoms with Crippen molar-refractivity contribution in [1.29, 1.82) is 0 Å². The molecule has 0 spiro atoms. The van der Waals surface area contributed by atoms with Gasteiger partial charge < -0.3 is 0 Å². The van der Waals surface area contributed by atoms with E-state index in [4.69, 9.17) is 23.0 Å². The third-order valence-electron chi connectivity index (χ3n) is 1.76. The van der Waals surface area contributed by atoms with Crippen LogP contribution in [0.25, 0.3) is 0 Å². The first-order chi connectivity index (χ1) is 7.75. The van der Waals surface area contributed by atoms with Gasteiger partial charge in [0.05, 0.1) is 0 Å². The van der Waals surface area contributed by atoms with Crippen LogP contribution in [-0.4, -0.2) is 31.7 Å². The van der Waals surface area contributed by atoms with Crippen LogP contribution in [-0.2, 0) is 11.8 Å². The molecule has 0 N–H and O–H groups in total. The molecule has 17 heavy (non-hydrogen) atoms. The molecule has 0 saturated heterocycles. The molecule has 0 rings (SSSR count). The summed E-state index contributed by atoms with van der Waals surface area (Å²) in [7, 11) is 0. The number of hydrogen-bond donors (Lipinski definition) is 0. The van der Waals surface area contributed by atoms with Crippen LogP contribution in [0.4, 0.5) is 0 Å². The Morgan fingerprint density at radius 1 is 1.00 bits per heavy atom. The van der Waals surface area contributed by atoms with Crippen LogP contribution in [0.3, 0.4) is 0 Å². The Labute approximate surface area is 125 Å². The summed E-state index contributed by atoms with van der Waals surface area (Å²) < 4.78 is 4.38. The molecule has 7 heteroatoms. The predicted molar refractivity (Wildman–Crippen MR) is 90.4 cm³/mol. The van der Waals surface area contributed by atoms with Gasteiger partial charge in [0, 0.05) is 23.6 Å². The van der Waals surface area contributed by atoms with Gasteiger partial charge in [-0.2, -0.15) is 8.15 Å². The summed E-state index contributed by atoms with van der Waals surface area (Å²) in [5, 5.41) is 1.03. The minimum Gasteiger partial charge on any atom is -0.195 e. The first kappa shape index (κ1) is 18.6. The molecule has 0 aliphatic heterocycles. The van der Waals surface area contributed by atoms with Crippen molar-refractivity contribution in [2.75, 3.05) is 13.1 Å². The second-order valence-electron chi connectivity index (χ2n) is 4.12. The second-order valence-corrected chi connectivity index (χ2v) is 13.3. The molecule has 0 saturated carbocycles. The highest BCUT2D eigenvalue weighted by Gasteiger charge is 2.31. The van der Waals surface area contributed by atoms with Crippen molar-refractivity contribution < 1.29 is 0 Å². The fraction of sp³-hybridized carbons (Fsp3) is 1.00. The van der Waals surface area contributed by atoms with Gasteiger partial charge in [-0.1, -0.05) is 65.4 Å². The summed E-state index contributed by atoms with van der Waals surface area (Å²) in [6, 6.07) is 0. The third kappa shape index (κ3) is 6.51. The maximum absolute atomic E-state index is 6.69. The van der Waals surface area contributed by atoms with Gasteiger partial charge in [-0.15, -0.1) is 0 Å². The van der Waals surface area contributed by atoms with Gasteiger partial charge in [0.2, 0.25) is 0 Å². The Balaban J connectivity index is 4.84. The zero-order valence-corrected chi connectivity index (χ0v) is 15.6.